The van der Waals surface area contributed by atoms with Crippen molar-refractivity contribution in [1.82, 2.24) is 0 Å². The van der Waals surface area contributed by atoms with Crippen LogP contribution in [0, 0.1) is 5.92 Å². The molecule has 0 saturated carbocycles. The molecule has 1 unspecified atom stereocenters. The predicted molar refractivity (Wildman–Crippen MR) is 98.7 cm³/mol. The van der Waals surface area contributed by atoms with Crippen LogP contribution in [0.2, 0.25) is 25.7 Å². The third kappa shape index (κ3) is 4.98. The fourth-order valence-corrected chi connectivity index (χ4v) is 3.32. The maximum Gasteiger partial charge on any atom is 0.229 e. The van der Waals surface area contributed by atoms with Gasteiger partial charge in [-0.3, -0.25) is 4.79 Å². The molecule has 0 aromatic heterocycles. The van der Waals surface area contributed by atoms with E-state index >= 15 is 0 Å². The Labute approximate surface area is 145 Å². The lowest BCUT2D eigenvalue weighted by molar-refractivity contribution is -0.119. The number of hydrogen-bond donors (Lipinski definition) is 0. The molecule has 0 radical (unpaired) electrons. The number of rotatable bonds is 8. The normalized spacial score (nSPS) is 18.1. The van der Waals surface area contributed by atoms with Gasteiger partial charge in [-0.05, 0) is 24.6 Å². The average Bonchev–Trinajstić information content (AvgIpc) is 2.86. The van der Waals surface area contributed by atoms with Crippen LogP contribution in [-0.2, 0) is 9.53 Å². The summed E-state index contributed by atoms with van der Waals surface area (Å²) in [6.07, 6.45) is 0.893. The van der Waals surface area contributed by atoms with E-state index in [1.165, 1.54) is 0 Å². The Hall–Kier alpha value is -1.53. The molecule has 1 saturated heterocycles. The number of amides is 1. The molecular weight excluding hydrogens is 322 g/mol. The van der Waals surface area contributed by atoms with Crippen LogP contribution in [0.3, 0.4) is 0 Å². The number of hydrogen-bond acceptors (Lipinski definition) is 4. The quantitative estimate of drug-likeness (QED) is 0.406. The maximum absolute atomic E-state index is 12.2. The molecule has 1 aromatic rings. The van der Waals surface area contributed by atoms with Crippen molar-refractivity contribution < 1.29 is 19.0 Å². The number of methoxy groups -OCH3 is 1. The minimum Gasteiger partial charge on any atom is -0.493 e. The number of nitrogens with zero attached hydrogens (tertiary/aromatic N) is 1. The summed E-state index contributed by atoms with van der Waals surface area (Å²) < 4.78 is 16.6. The van der Waals surface area contributed by atoms with E-state index in [-0.39, 0.29) is 18.6 Å². The molecule has 1 fully saturated rings. The molecule has 1 heterocycles. The molecule has 1 aromatic carbocycles. The number of carbonyl (C=O) groups excluding carboxylic acids is 1. The van der Waals surface area contributed by atoms with Gasteiger partial charge in [0.25, 0.3) is 0 Å². The molecule has 134 valence electrons. The Morgan fingerprint density at radius 3 is 2.58 bits per heavy atom. The molecule has 0 N–H and O–H groups in total. The van der Waals surface area contributed by atoms with Gasteiger partial charge in [-0.2, -0.15) is 0 Å². The summed E-state index contributed by atoms with van der Waals surface area (Å²) in [7, 11) is 0.522. The second-order valence-electron chi connectivity index (χ2n) is 7.50. The molecule has 0 spiro atoms. The molecular formula is C18H29NO4Si. The van der Waals surface area contributed by atoms with Crippen molar-refractivity contribution in [3.63, 3.8) is 0 Å². The molecule has 1 amide bonds. The molecule has 1 aliphatic heterocycles. The van der Waals surface area contributed by atoms with E-state index in [1.54, 1.807) is 12.0 Å². The minimum atomic E-state index is -1.08. The number of anilines is 1. The summed E-state index contributed by atoms with van der Waals surface area (Å²) in [6.45, 7) is 10.6. The Morgan fingerprint density at radius 1 is 1.25 bits per heavy atom. The molecule has 5 nitrogen and oxygen atoms in total. The van der Waals surface area contributed by atoms with Crippen LogP contribution in [0.4, 0.5) is 5.69 Å². The first-order valence-electron chi connectivity index (χ1n) is 8.52. The van der Waals surface area contributed by atoms with Crippen LogP contribution >= 0.6 is 0 Å². The first-order valence-corrected chi connectivity index (χ1v) is 12.2. The second-order valence-corrected chi connectivity index (χ2v) is 13.1. The topological polar surface area (TPSA) is 48.0 Å². The van der Waals surface area contributed by atoms with Crippen molar-refractivity contribution in [2.75, 3.05) is 32.0 Å². The van der Waals surface area contributed by atoms with Crippen LogP contribution in [0.15, 0.2) is 18.2 Å². The fourth-order valence-electron chi connectivity index (χ4n) is 2.56. The zero-order chi connectivity index (χ0) is 17.7. The highest BCUT2D eigenvalue weighted by Gasteiger charge is 2.29. The summed E-state index contributed by atoms with van der Waals surface area (Å²) in [5, 5.41) is 0. The molecule has 2 rings (SSSR count). The highest BCUT2D eigenvalue weighted by Crippen LogP contribution is 2.34. The van der Waals surface area contributed by atoms with Gasteiger partial charge < -0.3 is 19.1 Å². The van der Waals surface area contributed by atoms with Gasteiger partial charge in [-0.1, -0.05) is 26.6 Å². The summed E-state index contributed by atoms with van der Waals surface area (Å²) in [6, 6.07) is 6.71. The lowest BCUT2D eigenvalue weighted by Crippen LogP contribution is -2.26. The van der Waals surface area contributed by atoms with Gasteiger partial charge in [0, 0.05) is 38.9 Å². The first-order chi connectivity index (χ1) is 11.3. The summed E-state index contributed by atoms with van der Waals surface area (Å²) in [5.41, 5.74) is 0.855. The highest BCUT2D eigenvalue weighted by atomic mass is 28.3. The zero-order valence-corrected chi connectivity index (χ0v) is 16.4. The Morgan fingerprint density at radius 2 is 2.00 bits per heavy atom. The Balaban J connectivity index is 1.93. The van der Waals surface area contributed by atoms with Crippen LogP contribution < -0.4 is 14.4 Å². The lowest BCUT2D eigenvalue weighted by Gasteiger charge is -2.19. The van der Waals surface area contributed by atoms with Crippen LogP contribution in [0.25, 0.3) is 0 Å². The maximum atomic E-state index is 12.2. The largest absolute Gasteiger partial charge is 0.493 e. The predicted octanol–water partition coefficient (Wildman–Crippen LogP) is 3.76. The van der Waals surface area contributed by atoms with Gasteiger partial charge >= 0.3 is 0 Å². The third-order valence-corrected chi connectivity index (χ3v) is 5.93. The molecule has 1 atom stereocenters. The zero-order valence-electron chi connectivity index (χ0n) is 15.4. The van der Waals surface area contributed by atoms with Crippen molar-refractivity contribution in [3.8, 4) is 11.5 Å². The number of carbonyl (C=O) groups is 1. The van der Waals surface area contributed by atoms with Crippen LogP contribution in [-0.4, -0.2) is 41.0 Å². The molecule has 6 heteroatoms. The van der Waals surface area contributed by atoms with Gasteiger partial charge in [-0.15, -0.1) is 0 Å². The van der Waals surface area contributed by atoms with Crippen molar-refractivity contribution in [3.05, 3.63) is 18.2 Å². The summed E-state index contributed by atoms with van der Waals surface area (Å²) in [4.78, 5) is 14.0. The van der Waals surface area contributed by atoms with E-state index in [1.807, 2.05) is 25.1 Å². The number of benzene rings is 1. The van der Waals surface area contributed by atoms with Gasteiger partial charge in [0.15, 0.2) is 18.3 Å². The highest BCUT2D eigenvalue weighted by molar-refractivity contribution is 6.76. The third-order valence-electron chi connectivity index (χ3n) is 4.23. The van der Waals surface area contributed by atoms with E-state index in [4.69, 9.17) is 14.2 Å². The van der Waals surface area contributed by atoms with Crippen LogP contribution in [0.5, 0.6) is 11.5 Å². The van der Waals surface area contributed by atoms with Gasteiger partial charge in [-0.25, -0.2) is 0 Å². The van der Waals surface area contributed by atoms with Gasteiger partial charge in [0.1, 0.15) is 0 Å². The van der Waals surface area contributed by atoms with E-state index in [0.29, 0.717) is 11.5 Å². The molecule has 0 bridgehead atoms. The lowest BCUT2D eigenvalue weighted by atomic mass is 10.1. The van der Waals surface area contributed by atoms with Crippen molar-refractivity contribution in [1.29, 1.82) is 0 Å². The Kier molecular flexibility index (Phi) is 6.29. The van der Waals surface area contributed by atoms with E-state index < -0.39 is 8.07 Å². The monoisotopic (exact) mass is 351 g/mol. The summed E-state index contributed by atoms with van der Waals surface area (Å²) >= 11 is 0. The number of ether oxygens (including phenoxy) is 3. The van der Waals surface area contributed by atoms with E-state index in [9.17, 15) is 4.79 Å². The first kappa shape index (κ1) is 18.8. The SMILES string of the molecule is COc1cc(N2CCC(C)C2=O)ccc1OCOCC[Si](C)(C)C. The van der Waals surface area contributed by atoms with Crippen molar-refractivity contribution in [2.24, 2.45) is 5.92 Å². The minimum absolute atomic E-state index is 0.0895. The van der Waals surface area contributed by atoms with E-state index in [2.05, 4.69) is 19.6 Å². The van der Waals surface area contributed by atoms with E-state index in [0.717, 1.165) is 31.3 Å². The average molecular weight is 352 g/mol. The van der Waals surface area contributed by atoms with Crippen molar-refractivity contribution >= 4 is 19.7 Å². The van der Waals surface area contributed by atoms with Gasteiger partial charge in [0.2, 0.25) is 5.91 Å². The fraction of sp³-hybridized carbons (Fsp3) is 0.611. The molecule has 1 aliphatic rings. The van der Waals surface area contributed by atoms with Crippen LogP contribution in [0.1, 0.15) is 13.3 Å². The molecule has 24 heavy (non-hydrogen) atoms. The smallest absolute Gasteiger partial charge is 0.229 e. The second kappa shape index (κ2) is 8.03. The summed E-state index contributed by atoms with van der Waals surface area (Å²) in [5.74, 6) is 1.51. The standard InChI is InChI=1S/C18H29NO4Si/c1-14-8-9-19(18(14)20)15-6-7-16(17(12-15)21-2)23-13-22-10-11-24(3,4)5/h6-7,12,14H,8-11,13H2,1-5H3. The molecule has 0 aliphatic carbocycles. The van der Waals surface area contributed by atoms with Gasteiger partial charge in [0.05, 0.1) is 7.11 Å². The van der Waals surface area contributed by atoms with Crippen molar-refractivity contribution in [2.45, 2.75) is 39.0 Å². The Bertz CT molecular complexity index is 571.